The summed E-state index contributed by atoms with van der Waals surface area (Å²) in [5.74, 6) is 4.40. The summed E-state index contributed by atoms with van der Waals surface area (Å²) in [6.07, 6.45) is 5.26. The van der Waals surface area contributed by atoms with Gasteiger partial charge in [-0.2, -0.15) is 0 Å². The van der Waals surface area contributed by atoms with Crippen LogP contribution in [0.1, 0.15) is 0 Å². The standard InChI is InChI=1S/C12H12N4O2/c1-4-5-16-12(13-14-15-16)9-6-10(17-2)8-11(7-9)18-3/h1,6-8H,5H2,2-3H3. The molecule has 0 aliphatic heterocycles. The smallest absolute Gasteiger partial charge is 0.183 e. The van der Waals surface area contributed by atoms with E-state index >= 15 is 0 Å². The molecule has 0 bridgehead atoms. The van der Waals surface area contributed by atoms with Crippen LogP contribution in [0.2, 0.25) is 0 Å². The van der Waals surface area contributed by atoms with Crippen LogP contribution in [-0.2, 0) is 6.54 Å². The lowest BCUT2D eigenvalue weighted by atomic mass is 10.2. The lowest BCUT2D eigenvalue weighted by Crippen LogP contribution is -2.01. The van der Waals surface area contributed by atoms with Crippen LogP contribution in [0.25, 0.3) is 11.4 Å². The molecule has 6 heteroatoms. The summed E-state index contributed by atoms with van der Waals surface area (Å²) in [6.45, 7) is 0.307. The molecule has 0 aliphatic rings. The average Bonchev–Trinajstić information content (AvgIpc) is 2.87. The number of aromatic nitrogens is 4. The van der Waals surface area contributed by atoms with E-state index < -0.39 is 0 Å². The first-order valence-corrected chi connectivity index (χ1v) is 5.21. The van der Waals surface area contributed by atoms with Gasteiger partial charge in [0.2, 0.25) is 0 Å². The SMILES string of the molecule is C#CCn1nnnc1-c1cc(OC)cc(OC)c1. The maximum Gasteiger partial charge on any atom is 0.183 e. The minimum atomic E-state index is 0.307. The Morgan fingerprint density at radius 2 is 1.89 bits per heavy atom. The van der Waals surface area contributed by atoms with E-state index in [1.54, 1.807) is 20.3 Å². The largest absolute Gasteiger partial charge is 0.497 e. The highest BCUT2D eigenvalue weighted by molar-refractivity contribution is 5.60. The van der Waals surface area contributed by atoms with Crippen LogP contribution in [-0.4, -0.2) is 34.4 Å². The van der Waals surface area contributed by atoms with Gasteiger partial charge in [-0.05, 0) is 22.6 Å². The molecule has 0 atom stereocenters. The van der Waals surface area contributed by atoms with Gasteiger partial charge in [0, 0.05) is 11.6 Å². The molecule has 0 spiro atoms. The molecule has 0 N–H and O–H groups in total. The second-order valence-corrected chi connectivity index (χ2v) is 3.47. The molecule has 1 aromatic heterocycles. The molecule has 0 unspecified atom stereocenters. The second-order valence-electron chi connectivity index (χ2n) is 3.47. The molecule has 0 amide bonds. The molecule has 2 aromatic rings. The quantitative estimate of drug-likeness (QED) is 0.750. The van der Waals surface area contributed by atoms with E-state index in [1.165, 1.54) is 4.68 Å². The molecule has 0 radical (unpaired) electrons. The number of ether oxygens (including phenoxy) is 2. The van der Waals surface area contributed by atoms with E-state index in [-0.39, 0.29) is 0 Å². The Bertz CT molecular complexity index is 564. The monoisotopic (exact) mass is 244 g/mol. The Morgan fingerprint density at radius 3 is 2.44 bits per heavy atom. The molecule has 0 saturated carbocycles. The molecule has 1 aromatic carbocycles. The summed E-state index contributed by atoms with van der Waals surface area (Å²) >= 11 is 0. The second kappa shape index (κ2) is 5.19. The summed E-state index contributed by atoms with van der Waals surface area (Å²) in [5, 5.41) is 11.4. The summed E-state index contributed by atoms with van der Waals surface area (Å²) in [5.41, 5.74) is 0.784. The first kappa shape index (κ1) is 11.9. The Hall–Kier alpha value is -2.55. The van der Waals surface area contributed by atoms with E-state index in [4.69, 9.17) is 15.9 Å². The minimum Gasteiger partial charge on any atom is -0.497 e. The van der Waals surface area contributed by atoms with Gasteiger partial charge in [0.05, 0.1) is 14.2 Å². The van der Waals surface area contributed by atoms with Crippen LogP contribution in [0.5, 0.6) is 11.5 Å². The van der Waals surface area contributed by atoms with Gasteiger partial charge in [0.25, 0.3) is 0 Å². The van der Waals surface area contributed by atoms with Crippen LogP contribution in [0.15, 0.2) is 18.2 Å². The summed E-state index contributed by atoms with van der Waals surface area (Å²) in [7, 11) is 3.17. The molecule has 0 aliphatic carbocycles. The van der Waals surface area contributed by atoms with Gasteiger partial charge in [-0.1, -0.05) is 5.92 Å². The van der Waals surface area contributed by atoms with Crippen LogP contribution < -0.4 is 9.47 Å². The van der Waals surface area contributed by atoms with Crippen molar-refractivity contribution < 1.29 is 9.47 Å². The molecule has 0 fully saturated rings. The average molecular weight is 244 g/mol. The first-order valence-electron chi connectivity index (χ1n) is 5.21. The fraction of sp³-hybridized carbons (Fsp3) is 0.250. The van der Waals surface area contributed by atoms with Crippen molar-refractivity contribution in [2.45, 2.75) is 6.54 Å². The predicted octanol–water partition coefficient (Wildman–Crippen LogP) is 0.990. The lowest BCUT2D eigenvalue weighted by Gasteiger charge is -2.07. The number of benzene rings is 1. The fourth-order valence-electron chi connectivity index (χ4n) is 1.54. The Labute approximate surface area is 105 Å². The number of hydrogen-bond acceptors (Lipinski definition) is 5. The van der Waals surface area contributed by atoms with Gasteiger partial charge >= 0.3 is 0 Å². The van der Waals surface area contributed by atoms with Gasteiger partial charge in [0.15, 0.2) is 5.82 Å². The number of methoxy groups -OCH3 is 2. The van der Waals surface area contributed by atoms with Crippen molar-refractivity contribution in [3.63, 3.8) is 0 Å². The molecular weight excluding hydrogens is 232 g/mol. The normalized spacial score (nSPS) is 9.83. The number of hydrogen-bond donors (Lipinski definition) is 0. The van der Waals surface area contributed by atoms with Crippen LogP contribution >= 0.6 is 0 Å². The third kappa shape index (κ3) is 2.25. The van der Waals surface area contributed by atoms with Crippen molar-refractivity contribution in [3.8, 4) is 35.2 Å². The molecule has 1 heterocycles. The Balaban J connectivity index is 2.49. The maximum atomic E-state index is 5.26. The zero-order chi connectivity index (χ0) is 13.0. The van der Waals surface area contributed by atoms with Gasteiger partial charge in [0.1, 0.15) is 18.0 Å². The van der Waals surface area contributed by atoms with E-state index in [1.807, 2.05) is 12.1 Å². The first-order chi connectivity index (χ1) is 8.78. The third-order valence-corrected chi connectivity index (χ3v) is 2.38. The highest BCUT2D eigenvalue weighted by atomic mass is 16.5. The molecular formula is C12H12N4O2. The van der Waals surface area contributed by atoms with Gasteiger partial charge in [-0.15, -0.1) is 11.5 Å². The van der Waals surface area contributed by atoms with E-state index in [0.29, 0.717) is 23.9 Å². The van der Waals surface area contributed by atoms with E-state index in [2.05, 4.69) is 21.4 Å². The van der Waals surface area contributed by atoms with Crippen molar-refractivity contribution in [2.24, 2.45) is 0 Å². The lowest BCUT2D eigenvalue weighted by molar-refractivity contribution is 0.394. The van der Waals surface area contributed by atoms with Crippen molar-refractivity contribution in [1.82, 2.24) is 20.2 Å². The molecule has 92 valence electrons. The van der Waals surface area contributed by atoms with E-state index in [9.17, 15) is 0 Å². The molecule has 18 heavy (non-hydrogen) atoms. The molecule has 2 rings (SSSR count). The van der Waals surface area contributed by atoms with Gasteiger partial charge in [-0.3, -0.25) is 0 Å². The van der Waals surface area contributed by atoms with Crippen molar-refractivity contribution >= 4 is 0 Å². The zero-order valence-corrected chi connectivity index (χ0v) is 10.1. The van der Waals surface area contributed by atoms with Crippen molar-refractivity contribution in [3.05, 3.63) is 18.2 Å². The topological polar surface area (TPSA) is 62.1 Å². The predicted molar refractivity (Wildman–Crippen MR) is 65.2 cm³/mol. The highest BCUT2D eigenvalue weighted by Crippen LogP contribution is 2.28. The van der Waals surface area contributed by atoms with E-state index in [0.717, 1.165) is 5.56 Å². The van der Waals surface area contributed by atoms with Crippen LogP contribution in [0.4, 0.5) is 0 Å². The Morgan fingerprint density at radius 1 is 1.22 bits per heavy atom. The number of tetrazole rings is 1. The van der Waals surface area contributed by atoms with Crippen molar-refractivity contribution in [1.29, 1.82) is 0 Å². The number of terminal acetylenes is 1. The molecule has 6 nitrogen and oxygen atoms in total. The van der Waals surface area contributed by atoms with Crippen LogP contribution in [0.3, 0.4) is 0 Å². The summed E-state index contributed by atoms with van der Waals surface area (Å²) in [6, 6.07) is 5.42. The van der Waals surface area contributed by atoms with Crippen LogP contribution in [0, 0.1) is 12.3 Å². The maximum absolute atomic E-state index is 5.26. The molecule has 0 saturated heterocycles. The highest BCUT2D eigenvalue weighted by Gasteiger charge is 2.11. The van der Waals surface area contributed by atoms with Gasteiger partial charge < -0.3 is 9.47 Å². The zero-order valence-electron chi connectivity index (χ0n) is 10.1. The fourth-order valence-corrected chi connectivity index (χ4v) is 1.54. The number of rotatable bonds is 4. The number of nitrogens with zero attached hydrogens (tertiary/aromatic N) is 4. The van der Waals surface area contributed by atoms with Gasteiger partial charge in [-0.25, -0.2) is 4.68 Å². The minimum absolute atomic E-state index is 0.307. The summed E-state index contributed by atoms with van der Waals surface area (Å²) < 4.78 is 11.9. The summed E-state index contributed by atoms with van der Waals surface area (Å²) in [4.78, 5) is 0. The third-order valence-electron chi connectivity index (χ3n) is 2.38. The Kier molecular flexibility index (Phi) is 3.44. The van der Waals surface area contributed by atoms with Crippen molar-refractivity contribution in [2.75, 3.05) is 14.2 Å².